The van der Waals surface area contributed by atoms with E-state index in [1.54, 1.807) is 6.33 Å². The summed E-state index contributed by atoms with van der Waals surface area (Å²) in [4.78, 5) is 11.1. The van der Waals surface area contributed by atoms with Gasteiger partial charge in [-0.15, -0.1) is 0 Å². The quantitative estimate of drug-likeness (QED) is 0.708. The molecule has 1 aromatic heterocycles. The van der Waals surface area contributed by atoms with Crippen molar-refractivity contribution in [3.63, 3.8) is 0 Å². The van der Waals surface area contributed by atoms with Gasteiger partial charge in [0.05, 0.1) is 0 Å². The van der Waals surface area contributed by atoms with Crippen LogP contribution in [0.2, 0.25) is 0 Å². The summed E-state index contributed by atoms with van der Waals surface area (Å²) in [7, 11) is 2.16. The maximum Gasteiger partial charge on any atom is 0.115 e. The number of nitrogens with zero attached hydrogens (tertiary/aromatic N) is 3. The first-order valence-electron chi connectivity index (χ1n) is 5.31. The largest absolute Gasteiger partial charge is 0.302 e. The number of hydrogen-bond acceptors (Lipinski definition) is 3. The predicted molar refractivity (Wildman–Crippen MR) is 56.1 cm³/mol. The molecule has 0 amide bonds. The molecule has 0 N–H and O–H groups in total. The highest BCUT2D eigenvalue weighted by Crippen LogP contribution is 2.18. The first-order chi connectivity index (χ1) is 6.81. The minimum atomic E-state index is 1.02. The highest BCUT2D eigenvalue weighted by atomic mass is 15.1. The summed E-state index contributed by atoms with van der Waals surface area (Å²) in [6.07, 6.45) is 5.03. The molecule has 0 unspecified atom stereocenters. The molecule has 0 saturated carbocycles. The summed E-state index contributed by atoms with van der Waals surface area (Å²) in [5.74, 6) is 0. The van der Waals surface area contributed by atoms with Crippen molar-refractivity contribution in [3.8, 4) is 0 Å². The molecule has 2 rings (SSSR count). The normalized spacial score (nSPS) is 16.7. The Labute approximate surface area is 85.2 Å². The van der Waals surface area contributed by atoms with Gasteiger partial charge in [0.1, 0.15) is 6.33 Å². The molecule has 0 radical (unpaired) electrons. The molecule has 0 bridgehead atoms. The number of likely N-dealkylation sites (N-methyl/N-ethyl adjacent to an activating group) is 1. The van der Waals surface area contributed by atoms with Crippen molar-refractivity contribution in [1.29, 1.82) is 0 Å². The van der Waals surface area contributed by atoms with E-state index in [1.165, 1.54) is 17.0 Å². The summed E-state index contributed by atoms with van der Waals surface area (Å²) in [5, 5.41) is 0. The lowest BCUT2D eigenvalue weighted by Crippen LogP contribution is -2.28. The second-order valence-electron chi connectivity index (χ2n) is 3.98. The summed E-state index contributed by atoms with van der Waals surface area (Å²) in [5.41, 5.74) is 3.90. The van der Waals surface area contributed by atoms with Crippen LogP contribution in [-0.4, -0.2) is 28.5 Å². The van der Waals surface area contributed by atoms with Crippen molar-refractivity contribution < 1.29 is 0 Å². The van der Waals surface area contributed by atoms with E-state index < -0.39 is 0 Å². The minimum absolute atomic E-state index is 1.02. The van der Waals surface area contributed by atoms with Gasteiger partial charge in [-0.05, 0) is 13.5 Å². The molecule has 1 aliphatic rings. The number of aryl methyl sites for hydroxylation is 1. The van der Waals surface area contributed by atoms with E-state index in [2.05, 4.69) is 28.8 Å². The van der Waals surface area contributed by atoms with Gasteiger partial charge in [-0.25, -0.2) is 9.97 Å². The lowest BCUT2D eigenvalue weighted by molar-refractivity contribution is 0.307. The van der Waals surface area contributed by atoms with Gasteiger partial charge in [0.2, 0.25) is 0 Å². The Hall–Kier alpha value is -0.960. The third-order valence-electron chi connectivity index (χ3n) is 2.77. The van der Waals surface area contributed by atoms with Crippen LogP contribution in [-0.2, 0) is 19.4 Å². The van der Waals surface area contributed by atoms with Crippen molar-refractivity contribution in [1.82, 2.24) is 14.9 Å². The summed E-state index contributed by atoms with van der Waals surface area (Å²) < 4.78 is 0. The van der Waals surface area contributed by atoms with Crippen LogP contribution in [0.15, 0.2) is 6.33 Å². The SMILES string of the molecule is CCCc1ncnc2c1CN(C)CC2. The third kappa shape index (κ3) is 1.77. The van der Waals surface area contributed by atoms with Gasteiger partial charge >= 0.3 is 0 Å². The Morgan fingerprint density at radius 1 is 1.43 bits per heavy atom. The minimum Gasteiger partial charge on any atom is -0.302 e. The molecule has 0 spiro atoms. The van der Waals surface area contributed by atoms with Gasteiger partial charge in [0, 0.05) is 36.5 Å². The zero-order valence-electron chi connectivity index (χ0n) is 8.95. The first kappa shape index (κ1) is 9.59. The van der Waals surface area contributed by atoms with Crippen molar-refractivity contribution in [2.75, 3.05) is 13.6 Å². The van der Waals surface area contributed by atoms with E-state index in [1.807, 2.05) is 0 Å². The highest BCUT2D eigenvalue weighted by Gasteiger charge is 2.17. The second kappa shape index (κ2) is 4.05. The predicted octanol–water partition coefficient (Wildman–Crippen LogP) is 1.42. The zero-order valence-corrected chi connectivity index (χ0v) is 8.95. The van der Waals surface area contributed by atoms with Crippen LogP contribution < -0.4 is 0 Å². The number of fused-ring (bicyclic) bond motifs is 1. The first-order valence-corrected chi connectivity index (χ1v) is 5.31. The topological polar surface area (TPSA) is 29.0 Å². The molecule has 1 aliphatic heterocycles. The molecule has 14 heavy (non-hydrogen) atoms. The Bertz CT molecular complexity index is 322. The average Bonchev–Trinajstić information content (AvgIpc) is 2.19. The van der Waals surface area contributed by atoms with Gasteiger partial charge in [0.25, 0.3) is 0 Å². The van der Waals surface area contributed by atoms with Crippen LogP contribution in [0.25, 0.3) is 0 Å². The van der Waals surface area contributed by atoms with E-state index in [4.69, 9.17) is 0 Å². The molecule has 0 atom stereocenters. The number of hydrogen-bond donors (Lipinski definition) is 0. The molecule has 3 heteroatoms. The van der Waals surface area contributed by atoms with E-state index >= 15 is 0 Å². The van der Waals surface area contributed by atoms with Crippen molar-refractivity contribution in [3.05, 3.63) is 23.3 Å². The average molecular weight is 191 g/mol. The molecule has 0 saturated heterocycles. The molecule has 76 valence electrons. The molecule has 0 aliphatic carbocycles. The smallest absolute Gasteiger partial charge is 0.115 e. The molecule has 1 aromatic rings. The third-order valence-corrected chi connectivity index (χ3v) is 2.77. The second-order valence-corrected chi connectivity index (χ2v) is 3.98. The van der Waals surface area contributed by atoms with Crippen LogP contribution in [0.1, 0.15) is 30.3 Å². The van der Waals surface area contributed by atoms with Crippen molar-refractivity contribution in [2.24, 2.45) is 0 Å². The fourth-order valence-corrected chi connectivity index (χ4v) is 1.99. The van der Waals surface area contributed by atoms with Crippen molar-refractivity contribution in [2.45, 2.75) is 32.7 Å². The summed E-state index contributed by atoms with van der Waals surface area (Å²) in [6.45, 7) is 4.34. The lowest BCUT2D eigenvalue weighted by Gasteiger charge is -2.25. The van der Waals surface area contributed by atoms with Gasteiger partial charge in [-0.3, -0.25) is 0 Å². The van der Waals surface area contributed by atoms with E-state index in [0.717, 1.165) is 32.4 Å². The fraction of sp³-hybridized carbons (Fsp3) is 0.636. The van der Waals surface area contributed by atoms with E-state index in [9.17, 15) is 0 Å². The number of aromatic nitrogens is 2. The molecule has 0 aromatic carbocycles. The Balaban J connectivity index is 2.33. The van der Waals surface area contributed by atoms with Gasteiger partial charge in [-0.2, -0.15) is 0 Å². The monoisotopic (exact) mass is 191 g/mol. The maximum absolute atomic E-state index is 4.38. The maximum atomic E-state index is 4.38. The molecular weight excluding hydrogens is 174 g/mol. The van der Waals surface area contributed by atoms with Crippen LogP contribution in [0, 0.1) is 0 Å². The van der Waals surface area contributed by atoms with Crippen molar-refractivity contribution >= 4 is 0 Å². The van der Waals surface area contributed by atoms with E-state index in [0.29, 0.717) is 0 Å². The fourth-order valence-electron chi connectivity index (χ4n) is 1.99. The van der Waals surface area contributed by atoms with Gasteiger partial charge in [0.15, 0.2) is 0 Å². The summed E-state index contributed by atoms with van der Waals surface area (Å²) >= 11 is 0. The zero-order chi connectivity index (χ0) is 9.97. The van der Waals surface area contributed by atoms with Crippen LogP contribution >= 0.6 is 0 Å². The Kier molecular flexibility index (Phi) is 2.77. The van der Waals surface area contributed by atoms with Gasteiger partial charge < -0.3 is 4.90 Å². The van der Waals surface area contributed by atoms with Gasteiger partial charge in [-0.1, -0.05) is 13.3 Å². The molecule has 0 fully saturated rings. The number of rotatable bonds is 2. The Morgan fingerprint density at radius 3 is 3.07 bits per heavy atom. The van der Waals surface area contributed by atoms with Crippen LogP contribution in [0.3, 0.4) is 0 Å². The summed E-state index contributed by atoms with van der Waals surface area (Å²) in [6, 6.07) is 0. The lowest BCUT2D eigenvalue weighted by atomic mass is 10.0. The molecule has 2 heterocycles. The van der Waals surface area contributed by atoms with Crippen LogP contribution in [0.5, 0.6) is 0 Å². The standard InChI is InChI=1S/C11H17N3/c1-3-4-10-9-7-14(2)6-5-11(9)13-8-12-10/h8H,3-7H2,1-2H3. The van der Waals surface area contributed by atoms with Crippen LogP contribution in [0.4, 0.5) is 0 Å². The highest BCUT2D eigenvalue weighted by molar-refractivity contribution is 5.26. The van der Waals surface area contributed by atoms with E-state index in [-0.39, 0.29) is 0 Å². The molecule has 3 nitrogen and oxygen atoms in total. The molecular formula is C11H17N3. The Morgan fingerprint density at radius 2 is 2.29 bits per heavy atom.